The van der Waals surface area contributed by atoms with E-state index in [2.05, 4.69) is 5.32 Å². The van der Waals surface area contributed by atoms with Crippen molar-refractivity contribution >= 4 is 27.6 Å². The van der Waals surface area contributed by atoms with Crippen molar-refractivity contribution in [3.8, 4) is 5.75 Å². The quantitative estimate of drug-likeness (QED) is 0.651. The first kappa shape index (κ1) is 22.7. The van der Waals surface area contributed by atoms with Crippen LogP contribution in [0.1, 0.15) is 30.1 Å². The number of amides is 1. The molecule has 1 aliphatic heterocycles. The van der Waals surface area contributed by atoms with E-state index >= 15 is 0 Å². The van der Waals surface area contributed by atoms with Gasteiger partial charge in [0, 0.05) is 13.1 Å². The summed E-state index contributed by atoms with van der Waals surface area (Å²) in [6.07, 6.45) is 0.281. The highest BCUT2D eigenvalue weighted by Crippen LogP contribution is 2.30. The number of carbonyl (C=O) groups is 2. The van der Waals surface area contributed by atoms with E-state index in [1.165, 1.54) is 54.7 Å². The van der Waals surface area contributed by atoms with Gasteiger partial charge in [-0.15, -0.1) is 0 Å². The smallest absolute Gasteiger partial charge is 0.338 e. The lowest BCUT2D eigenvalue weighted by Crippen LogP contribution is -2.30. The molecule has 1 aliphatic rings. The molecule has 3 rings (SSSR count). The molecule has 2 aromatic rings. The largest absolute Gasteiger partial charge is 0.495 e. The van der Waals surface area contributed by atoms with Gasteiger partial charge in [0.25, 0.3) is 5.91 Å². The Morgan fingerprint density at radius 3 is 2.45 bits per heavy atom. The molecule has 0 aliphatic carbocycles. The molecule has 0 spiro atoms. The third-order valence-electron chi connectivity index (χ3n) is 4.87. The number of rotatable bonds is 7. The highest BCUT2D eigenvalue weighted by atomic mass is 32.2. The number of esters is 1. The topological polar surface area (TPSA) is 102 Å². The average Bonchev–Trinajstić information content (AvgIpc) is 3.30. The minimum Gasteiger partial charge on any atom is -0.495 e. The van der Waals surface area contributed by atoms with Gasteiger partial charge in [0.1, 0.15) is 16.5 Å². The van der Waals surface area contributed by atoms with Crippen LogP contribution >= 0.6 is 0 Å². The summed E-state index contributed by atoms with van der Waals surface area (Å²) in [5.41, 5.74) is -0.0945. The van der Waals surface area contributed by atoms with Crippen molar-refractivity contribution in [1.82, 2.24) is 4.31 Å². The summed E-state index contributed by atoms with van der Waals surface area (Å²) in [5.74, 6) is -2.14. The van der Waals surface area contributed by atoms with Crippen molar-refractivity contribution in [2.45, 2.75) is 30.8 Å². The van der Waals surface area contributed by atoms with Gasteiger partial charge in [0.2, 0.25) is 10.0 Å². The van der Waals surface area contributed by atoms with Gasteiger partial charge in [-0.3, -0.25) is 4.79 Å². The Balaban J connectivity index is 1.77. The van der Waals surface area contributed by atoms with Crippen LogP contribution in [0, 0.1) is 5.82 Å². The van der Waals surface area contributed by atoms with Crippen molar-refractivity contribution in [3.05, 3.63) is 53.8 Å². The van der Waals surface area contributed by atoms with E-state index in [1.807, 2.05) is 0 Å². The molecule has 1 heterocycles. The minimum absolute atomic E-state index is 0.0427. The van der Waals surface area contributed by atoms with Gasteiger partial charge in [-0.1, -0.05) is 12.1 Å². The summed E-state index contributed by atoms with van der Waals surface area (Å²) >= 11 is 0. The van der Waals surface area contributed by atoms with Crippen LogP contribution in [-0.4, -0.2) is 50.9 Å². The Kier molecular flexibility index (Phi) is 6.91. The molecule has 1 atom stereocenters. The monoisotopic (exact) mass is 450 g/mol. The fourth-order valence-electron chi connectivity index (χ4n) is 3.15. The van der Waals surface area contributed by atoms with Crippen molar-refractivity contribution in [3.63, 3.8) is 0 Å². The van der Waals surface area contributed by atoms with E-state index in [-0.39, 0.29) is 21.9 Å². The number of hydrogen-bond acceptors (Lipinski definition) is 6. The highest BCUT2D eigenvalue weighted by molar-refractivity contribution is 7.89. The molecule has 0 unspecified atom stereocenters. The lowest BCUT2D eigenvalue weighted by atomic mass is 10.2. The number of methoxy groups -OCH3 is 1. The predicted octanol–water partition coefficient (Wildman–Crippen LogP) is 2.80. The second-order valence-electron chi connectivity index (χ2n) is 6.99. The number of ether oxygens (including phenoxy) is 2. The Hall–Kier alpha value is -2.98. The van der Waals surface area contributed by atoms with Crippen LogP contribution in [-0.2, 0) is 19.6 Å². The van der Waals surface area contributed by atoms with E-state index in [0.29, 0.717) is 13.1 Å². The van der Waals surface area contributed by atoms with E-state index in [4.69, 9.17) is 9.47 Å². The van der Waals surface area contributed by atoms with Crippen LogP contribution in [0.4, 0.5) is 10.1 Å². The zero-order chi connectivity index (χ0) is 22.6. The zero-order valence-electron chi connectivity index (χ0n) is 17.1. The summed E-state index contributed by atoms with van der Waals surface area (Å²) in [5, 5.41) is 2.34. The summed E-state index contributed by atoms with van der Waals surface area (Å²) in [6, 6.07) is 9.49. The van der Waals surface area contributed by atoms with E-state index in [1.54, 1.807) is 6.07 Å². The number of benzene rings is 2. The number of hydrogen-bond donors (Lipinski definition) is 1. The van der Waals surface area contributed by atoms with Crippen LogP contribution in [0.5, 0.6) is 5.75 Å². The van der Waals surface area contributed by atoms with Crippen molar-refractivity contribution in [2.24, 2.45) is 0 Å². The first-order valence-corrected chi connectivity index (χ1v) is 11.1. The number of nitrogens with zero attached hydrogens (tertiary/aromatic N) is 1. The molecule has 1 saturated heterocycles. The third kappa shape index (κ3) is 5.02. The molecule has 1 fully saturated rings. The van der Waals surface area contributed by atoms with E-state index in [9.17, 15) is 22.4 Å². The number of halogens is 1. The molecular weight excluding hydrogens is 427 g/mol. The van der Waals surface area contributed by atoms with Crippen LogP contribution in [0.15, 0.2) is 47.4 Å². The van der Waals surface area contributed by atoms with Crippen molar-refractivity contribution in [2.75, 3.05) is 25.5 Å². The van der Waals surface area contributed by atoms with Gasteiger partial charge in [-0.25, -0.2) is 17.6 Å². The lowest BCUT2D eigenvalue weighted by molar-refractivity contribution is -0.123. The molecule has 0 radical (unpaired) electrons. The molecule has 0 saturated carbocycles. The van der Waals surface area contributed by atoms with Gasteiger partial charge in [0.05, 0.1) is 18.4 Å². The Morgan fingerprint density at radius 1 is 1.13 bits per heavy atom. The first-order valence-electron chi connectivity index (χ1n) is 9.68. The lowest BCUT2D eigenvalue weighted by Gasteiger charge is -2.18. The maximum absolute atomic E-state index is 13.7. The molecular formula is C21H23FN2O6S. The molecule has 8 nitrogen and oxygen atoms in total. The molecule has 0 aromatic heterocycles. The van der Waals surface area contributed by atoms with Crippen LogP contribution in [0.3, 0.4) is 0 Å². The Bertz CT molecular complexity index is 1080. The minimum atomic E-state index is -3.85. The fourth-order valence-corrected chi connectivity index (χ4v) is 4.85. The maximum Gasteiger partial charge on any atom is 0.338 e. The number of sulfonamides is 1. The molecule has 1 amide bonds. The molecule has 0 bridgehead atoms. The summed E-state index contributed by atoms with van der Waals surface area (Å²) in [6.45, 7) is 2.13. The number of para-hydroxylation sites is 1. The number of anilines is 1. The van der Waals surface area contributed by atoms with Crippen molar-refractivity contribution in [1.29, 1.82) is 0 Å². The standard InChI is InChI=1S/C21H23FN2O6S/c1-14(20(25)23-17-8-4-3-7-16(17)22)30-21(26)15-9-10-18(29-2)19(13-15)31(27,28)24-11-5-6-12-24/h3-4,7-10,13-14H,5-6,11-12H2,1-2H3,(H,23,25)/t14-/m1/s1. The predicted molar refractivity (Wildman–Crippen MR) is 111 cm³/mol. The first-order chi connectivity index (χ1) is 14.7. The van der Waals surface area contributed by atoms with Gasteiger partial charge in [-0.05, 0) is 50.1 Å². The normalized spacial score (nSPS) is 15.3. The molecule has 10 heteroatoms. The third-order valence-corrected chi connectivity index (χ3v) is 6.79. The van der Waals surface area contributed by atoms with Gasteiger partial charge in [-0.2, -0.15) is 4.31 Å². The molecule has 31 heavy (non-hydrogen) atoms. The zero-order valence-corrected chi connectivity index (χ0v) is 17.9. The Morgan fingerprint density at radius 2 is 1.81 bits per heavy atom. The SMILES string of the molecule is COc1ccc(C(=O)O[C@H](C)C(=O)Nc2ccccc2F)cc1S(=O)(=O)N1CCCC1. The van der Waals surface area contributed by atoms with E-state index < -0.39 is 33.8 Å². The van der Waals surface area contributed by atoms with Gasteiger partial charge in [0.15, 0.2) is 6.10 Å². The highest BCUT2D eigenvalue weighted by Gasteiger charge is 2.31. The summed E-state index contributed by atoms with van der Waals surface area (Å²) in [4.78, 5) is 24.7. The van der Waals surface area contributed by atoms with Crippen LogP contribution in [0.25, 0.3) is 0 Å². The van der Waals surface area contributed by atoms with E-state index in [0.717, 1.165) is 12.8 Å². The van der Waals surface area contributed by atoms with Gasteiger partial charge >= 0.3 is 5.97 Å². The molecule has 1 N–H and O–H groups in total. The summed E-state index contributed by atoms with van der Waals surface area (Å²) < 4.78 is 51.3. The molecule has 2 aromatic carbocycles. The number of carbonyl (C=O) groups excluding carboxylic acids is 2. The van der Waals surface area contributed by atoms with Crippen LogP contribution in [0.2, 0.25) is 0 Å². The second kappa shape index (κ2) is 9.44. The maximum atomic E-state index is 13.7. The molecule has 166 valence electrons. The fraction of sp³-hybridized carbons (Fsp3) is 0.333. The summed E-state index contributed by atoms with van der Waals surface area (Å²) in [7, 11) is -2.51. The van der Waals surface area contributed by atoms with Gasteiger partial charge < -0.3 is 14.8 Å². The Labute approximate surface area is 180 Å². The average molecular weight is 450 g/mol. The van der Waals surface area contributed by atoms with Crippen molar-refractivity contribution < 1.29 is 31.9 Å². The van der Waals surface area contributed by atoms with Crippen LogP contribution < -0.4 is 10.1 Å². The number of nitrogens with one attached hydrogen (secondary N) is 1. The second-order valence-corrected chi connectivity index (χ2v) is 8.90.